The summed E-state index contributed by atoms with van der Waals surface area (Å²) in [6, 6.07) is 0. The van der Waals surface area contributed by atoms with E-state index in [1.807, 2.05) is 0 Å². The number of aliphatic hydroxyl groups excluding tert-OH is 8. The highest BCUT2D eigenvalue weighted by molar-refractivity contribution is 5.73. The first kappa shape index (κ1) is 23.6. The molecule has 2 heterocycles. The summed E-state index contributed by atoms with van der Waals surface area (Å²) in [6.45, 7) is -1.17. The van der Waals surface area contributed by atoms with Crippen molar-refractivity contribution in [2.75, 3.05) is 13.2 Å². The van der Waals surface area contributed by atoms with Crippen LogP contribution < -0.4 is 0 Å². The van der Waals surface area contributed by atoms with Crippen LogP contribution in [0.15, 0.2) is 0 Å². The van der Waals surface area contributed by atoms with E-state index in [0.717, 1.165) is 0 Å². The summed E-state index contributed by atoms with van der Waals surface area (Å²) in [6.07, 6.45) is -19.6. The molecule has 0 spiro atoms. The van der Waals surface area contributed by atoms with Crippen molar-refractivity contribution in [1.82, 2.24) is 0 Å². The zero-order chi connectivity index (χ0) is 22.3. The second-order valence-corrected chi connectivity index (χ2v) is 7.48. The van der Waals surface area contributed by atoms with Crippen LogP contribution in [0.2, 0.25) is 0 Å². The maximum Gasteiger partial charge on any atom is 0.335 e. The van der Waals surface area contributed by atoms with E-state index in [9.17, 15) is 45.6 Å². The lowest BCUT2D eigenvalue weighted by Crippen LogP contribution is -2.65. The fourth-order valence-electron chi connectivity index (χ4n) is 3.51. The SMILES string of the molecule is O=C(O)C1OC(OC2C(O)C2CO)C(O)C(O)C1OC1OC(CO)C(O)C(O)C1O. The van der Waals surface area contributed by atoms with E-state index in [2.05, 4.69) is 0 Å². The van der Waals surface area contributed by atoms with E-state index in [1.165, 1.54) is 0 Å². The van der Waals surface area contributed by atoms with Crippen molar-refractivity contribution in [3.05, 3.63) is 0 Å². The van der Waals surface area contributed by atoms with Gasteiger partial charge < -0.3 is 64.9 Å². The molecular formula is C16H26O14. The predicted molar refractivity (Wildman–Crippen MR) is 88.4 cm³/mol. The Morgan fingerprint density at radius 1 is 0.700 bits per heavy atom. The average molecular weight is 442 g/mol. The Kier molecular flexibility index (Phi) is 7.28. The fourth-order valence-corrected chi connectivity index (χ4v) is 3.51. The van der Waals surface area contributed by atoms with Crippen LogP contribution in [-0.4, -0.2) is 139 Å². The molecule has 1 saturated carbocycles. The zero-order valence-corrected chi connectivity index (χ0v) is 15.5. The first-order valence-electron chi connectivity index (χ1n) is 9.27. The third-order valence-electron chi connectivity index (χ3n) is 5.49. The summed E-state index contributed by atoms with van der Waals surface area (Å²) >= 11 is 0. The number of aliphatic carboxylic acids is 1. The molecule has 2 saturated heterocycles. The maximum absolute atomic E-state index is 11.6. The largest absolute Gasteiger partial charge is 0.479 e. The van der Waals surface area contributed by atoms with Gasteiger partial charge in [-0.2, -0.15) is 0 Å². The van der Waals surface area contributed by atoms with Crippen LogP contribution in [0.5, 0.6) is 0 Å². The van der Waals surface area contributed by atoms with Gasteiger partial charge in [0.25, 0.3) is 0 Å². The Hall–Kier alpha value is -1.01. The van der Waals surface area contributed by atoms with E-state index >= 15 is 0 Å². The van der Waals surface area contributed by atoms with Gasteiger partial charge in [0.1, 0.15) is 42.7 Å². The van der Waals surface area contributed by atoms with Gasteiger partial charge in [-0.05, 0) is 0 Å². The van der Waals surface area contributed by atoms with Crippen LogP contribution >= 0.6 is 0 Å². The molecule has 0 bridgehead atoms. The maximum atomic E-state index is 11.6. The van der Waals surface area contributed by atoms with Crippen molar-refractivity contribution in [3.8, 4) is 0 Å². The highest BCUT2D eigenvalue weighted by Gasteiger charge is 2.57. The van der Waals surface area contributed by atoms with E-state index < -0.39 is 98.7 Å². The molecule has 0 radical (unpaired) electrons. The fraction of sp³-hybridized carbons (Fsp3) is 0.938. The smallest absolute Gasteiger partial charge is 0.335 e. The van der Waals surface area contributed by atoms with E-state index in [1.54, 1.807) is 0 Å². The molecule has 174 valence electrons. The topological polar surface area (TPSA) is 236 Å². The van der Waals surface area contributed by atoms with Crippen LogP contribution in [0.3, 0.4) is 0 Å². The summed E-state index contributed by atoms with van der Waals surface area (Å²) in [5, 5.41) is 87.6. The minimum Gasteiger partial charge on any atom is -0.479 e. The van der Waals surface area contributed by atoms with Crippen LogP contribution in [0.4, 0.5) is 0 Å². The number of hydrogen-bond acceptors (Lipinski definition) is 13. The summed E-state index contributed by atoms with van der Waals surface area (Å²) < 4.78 is 20.8. The lowest BCUT2D eigenvalue weighted by atomic mass is 9.97. The molecule has 14 heteroatoms. The normalized spacial score (nSPS) is 51.5. The minimum atomic E-state index is -1.93. The van der Waals surface area contributed by atoms with Gasteiger partial charge in [-0.1, -0.05) is 0 Å². The Labute approximate surface area is 169 Å². The second-order valence-electron chi connectivity index (χ2n) is 7.48. The number of carboxylic acids is 1. The van der Waals surface area contributed by atoms with E-state index in [-0.39, 0.29) is 0 Å². The average Bonchev–Trinajstić information content (AvgIpc) is 3.34. The molecule has 3 rings (SSSR count). The Bertz CT molecular complexity index is 602. The first-order valence-corrected chi connectivity index (χ1v) is 9.27. The van der Waals surface area contributed by atoms with Crippen LogP contribution in [0.25, 0.3) is 0 Å². The Morgan fingerprint density at radius 2 is 1.27 bits per heavy atom. The first-order chi connectivity index (χ1) is 14.1. The van der Waals surface area contributed by atoms with E-state index in [4.69, 9.17) is 24.1 Å². The molecule has 1 aliphatic carbocycles. The number of hydrogen-bond donors (Lipinski definition) is 9. The predicted octanol–water partition coefficient (Wildman–Crippen LogP) is -5.93. The van der Waals surface area contributed by atoms with Gasteiger partial charge in [0.15, 0.2) is 18.7 Å². The highest BCUT2D eigenvalue weighted by atomic mass is 16.7. The summed E-state index contributed by atoms with van der Waals surface area (Å²) in [5.74, 6) is -2.27. The molecule has 3 aliphatic rings. The van der Waals surface area contributed by atoms with Crippen molar-refractivity contribution in [3.63, 3.8) is 0 Å². The standard InChI is InChI=1S/C16H26O14/c17-1-3-5(19)11(3)28-16-10(24)8(22)12(13(30-16)14(25)26)29-15-9(23)7(21)6(20)4(2-18)27-15/h3-13,15-24H,1-2H2,(H,25,26). The quantitative estimate of drug-likeness (QED) is 0.178. The molecule has 9 N–H and O–H groups in total. The van der Waals surface area contributed by atoms with Gasteiger partial charge in [-0.15, -0.1) is 0 Å². The lowest BCUT2D eigenvalue weighted by molar-refractivity contribution is -0.355. The molecule has 13 atom stereocenters. The molecule has 0 aromatic heterocycles. The van der Waals surface area contributed by atoms with Gasteiger partial charge in [-0.3, -0.25) is 0 Å². The van der Waals surface area contributed by atoms with Crippen molar-refractivity contribution in [1.29, 1.82) is 0 Å². The molecule has 14 nitrogen and oxygen atoms in total. The van der Waals surface area contributed by atoms with Crippen molar-refractivity contribution < 1.29 is 69.7 Å². The monoisotopic (exact) mass is 442 g/mol. The molecular weight excluding hydrogens is 416 g/mol. The summed E-state index contributed by atoms with van der Waals surface area (Å²) in [4.78, 5) is 11.6. The number of aliphatic hydroxyl groups is 8. The van der Waals surface area contributed by atoms with Gasteiger partial charge in [0.2, 0.25) is 0 Å². The van der Waals surface area contributed by atoms with E-state index in [0.29, 0.717) is 0 Å². The summed E-state index contributed by atoms with van der Waals surface area (Å²) in [5.41, 5.74) is 0. The van der Waals surface area contributed by atoms with Gasteiger partial charge in [0.05, 0.1) is 25.4 Å². The molecule has 3 fully saturated rings. The van der Waals surface area contributed by atoms with Crippen LogP contribution in [0, 0.1) is 5.92 Å². The van der Waals surface area contributed by atoms with Crippen molar-refractivity contribution >= 4 is 5.97 Å². The summed E-state index contributed by atoms with van der Waals surface area (Å²) in [7, 11) is 0. The Morgan fingerprint density at radius 3 is 1.80 bits per heavy atom. The van der Waals surface area contributed by atoms with Crippen molar-refractivity contribution in [2.45, 2.75) is 73.6 Å². The number of ether oxygens (including phenoxy) is 4. The molecule has 2 aliphatic heterocycles. The number of carboxylic acid groups (broad SMARTS) is 1. The highest BCUT2D eigenvalue weighted by Crippen LogP contribution is 2.37. The molecule has 0 aromatic carbocycles. The van der Waals surface area contributed by atoms with Gasteiger partial charge >= 0.3 is 5.97 Å². The number of carbonyl (C=O) groups is 1. The molecule has 13 unspecified atom stereocenters. The van der Waals surface area contributed by atoms with Crippen molar-refractivity contribution in [2.24, 2.45) is 5.92 Å². The van der Waals surface area contributed by atoms with Crippen LogP contribution in [-0.2, 0) is 23.7 Å². The third kappa shape index (κ3) is 4.32. The minimum absolute atomic E-state index is 0.414. The lowest BCUT2D eigenvalue weighted by Gasteiger charge is -2.45. The Balaban J connectivity index is 1.72. The van der Waals surface area contributed by atoms with Crippen LogP contribution in [0.1, 0.15) is 0 Å². The van der Waals surface area contributed by atoms with Gasteiger partial charge in [0, 0.05) is 5.92 Å². The molecule has 0 amide bonds. The van der Waals surface area contributed by atoms with Gasteiger partial charge in [-0.25, -0.2) is 4.79 Å². The second kappa shape index (κ2) is 9.23. The zero-order valence-electron chi connectivity index (χ0n) is 15.5. The molecule has 30 heavy (non-hydrogen) atoms. The number of rotatable bonds is 7. The third-order valence-corrected chi connectivity index (χ3v) is 5.49. The molecule has 0 aromatic rings.